The van der Waals surface area contributed by atoms with Gasteiger partial charge in [-0.05, 0) is 47.0 Å². The normalized spacial score (nSPS) is 11.3. The Bertz CT molecular complexity index is 992. The van der Waals surface area contributed by atoms with Gasteiger partial charge in [-0.3, -0.25) is 0 Å². The fraction of sp³-hybridized carbons (Fsp3) is 0.182. The van der Waals surface area contributed by atoms with Crippen LogP contribution in [-0.4, -0.2) is 13.1 Å². The molecule has 0 saturated heterocycles. The fourth-order valence-corrected chi connectivity index (χ4v) is 3.33. The first-order valence-electron chi connectivity index (χ1n) is 8.60. The summed E-state index contributed by atoms with van der Waals surface area (Å²) in [5.74, 6) is 0.278. The minimum atomic E-state index is -0.981. The van der Waals surface area contributed by atoms with E-state index in [-0.39, 0.29) is 5.75 Å². The molecule has 1 unspecified atom stereocenters. The van der Waals surface area contributed by atoms with Crippen molar-refractivity contribution in [2.75, 3.05) is 7.11 Å². The maximum atomic E-state index is 12.4. The number of nitriles is 1. The maximum Gasteiger partial charge on any atom is 0.351 e. The number of thiophene rings is 1. The van der Waals surface area contributed by atoms with E-state index in [4.69, 9.17) is 14.2 Å². The first-order valence-corrected chi connectivity index (χ1v) is 9.54. The van der Waals surface area contributed by atoms with Crippen LogP contribution >= 0.6 is 11.3 Å². The number of methoxy groups -OCH3 is 1. The van der Waals surface area contributed by atoms with Crippen LogP contribution in [0.25, 0.3) is 0 Å². The van der Waals surface area contributed by atoms with Crippen molar-refractivity contribution in [2.45, 2.75) is 19.6 Å². The number of benzene rings is 2. The first-order chi connectivity index (χ1) is 13.6. The molecule has 0 amide bonds. The van der Waals surface area contributed by atoms with E-state index >= 15 is 0 Å². The van der Waals surface area contributed by atoms with E-state index in [1.807, 2.05) is 41.9 Å². The standard InChI is InChI=1S/C22H19NO4S/c1-15-5-3-4-6-19(15)21(22(24)25-2)27-20-11-18(8-7-17(20)12-23)26-13-16-9-10-28-14-16/h3-11,14,21H,13H2,1-2H3. The Labute approximate surface area is 167 Å². The molecule has 0 bridgehead atoms. The van der Waals surface area contributed by atoms with Crippen LogP contribution in [-0.2, 0) is 16.1 Å². The van der Waals surface area contributed by atoms with Gasteiger partial charge in [-0.25, -0.2) is 4.79 Å². The highest BCUT2D eigenvalue weighted by Gasteiger charge is 2.26. The Hall–Kier alpha value is -3.30. The molecule has 0 saturated carbocycles. The minimum Gasteiger partial charge on any atom is -0.489 e. The second-order valence-electron chi connectivity index (χ2n) is 6.07. The highest BCUT2D eigenvalue weighted by molar-refractivity contribution is 7.07. The van der Waals surface area contributed by atoms with E-state index in [2.05, 4.69) is 6.07 Å². The summed E-state index contributed by atoms with van der Waals surface area (Å²) in [4.78, 5) is 12.4. The molecular weight excluding hydrogens is 374 g/mol. The number of hydrogen-bond donors (Lipinski definition) is 0. The number of aryl methyl sites for hydroxylation is 1. The third-order valence-corrected chi connectivity index (χ3v) is 4.92. The third-order valence-electron chi connectivity index (χ3n) is 4.19. The van der Waals surface area contributed by atoms with Crippen LogP contribution in [0.15, 0.2) is 59.3 Å². The molecule has 5 nitrogen and oxygen atoms in total. The van der Waals surface area contributed by atoms with Gasteiger partial charge in [0.25, 0.3) is 0 Å². The van der Waals surface area contributed by atoms with Gasteiger partial charge in [0.05, 0.1) is 12.7 Å². The van der Waals surface area contributed by atoms with Crippen LogP contribution < -0.4 is 9.47 Å². The fourth-order valence-electron chi connectivity index (χ4n) is 2.68. The predicted octanol–water partition coefficient (Wildman–Crippen LogP) is 4.80. The van der Waals surface area contributed by atoms with Crippen molar-refractivity contribution in [1.82, 2.24) is 0 Å². The zero-order valence-corrected chi connectivity index (χ0v) is 16.4. The lowest BCUT2D eigenvalue weighted by atomic mass is 10.0. The van der Waals surface area contributed by atoms with E-state index in [1.165, 1.54) is 7.11 Å². The number of esters is 1. The van der Waals surface area contributed by atoms with Gasteiger partial charge in [0.1, 0.15) is 24.2 Å². The monoisotopic (exact) mass is 393 g/mol. The molecule has 0 N–H and O–H groups in total. The number of carbonyl (C=O) groups is 1. The molecule has 142 valence electrons. The van der Waals surface area contributed by atoms with Crippen LogP contribution in [0.3, 0.4) is 0 Å². The second kappa shape index (κ2) is 9.07. The van der Waals surface area contributed by atoms with E-state index in [9.17, 15) is 10.1 Å². The summed E-state index contributed by atoms with van der Waals surface area (Å²) in [6, 6.07) is 16.4. The highest BCUT2D eigenvalue weighted by atomic mass is 32.1. The average molecular weight is 393 g/mol. The largest absolute Gasteiger partial charge is 0.489 e. The van der Waals surface area contributed by atoms with Crippen LogP contribution in [0, 0.1) is 18.3 Å². The molecule has 3 aromatic rings. The molecule has 0 spiro atoms. The molecule has 0 aliphatic heterocycles. The van der Waals surface area contributed by atoms with Gasteiger partial charge in [-0.2, -0.15) is 16.6 Å². The number of carbonyl (C=O) groups excluding carboxylic acids is 1. The van der Waals surface area contributed by atoms with Gasteiger partial charge >= 0.3 is 5.97 Å². The van der Waals surface area contributed by atoms with E-state index in [1.54, 1.807) is 35.6 Å². The Morgan fingerprint density at radius 2 is 2.04 bits per heavy atom. The van der Waals surface area contributed by atoms with Crippen LogP contribution in [0.5, 0.6) is 11.5 Å². The summed E-state index contributed by atoms with van der Waals surface area (Å²) in [6.07, 6.45) is -0.981. The molecule has 3 rings (SSSR count). The van der Waals surface area contributed by atoms with Crippen LogP contribution in [0.1, 0.15) is 28.4 Å². The molecule has 0 aliphatic rings. The van der Waals surface area contributed by atoms with Crippen LogP contribution in [0.2, 0.25) is 0 Å². The average Bonchev–Trinajstić information content (AvgIpc) is 3.24. The zero-order chi connectivity index (χ0) is 19.9. The minimum absolute atomic E-state index is 0.268. The van der Waals surface area contributed by atoms with Crippen molar-refractivity contribution in [1.29, 1.82) is 5.26 Å². The topological polar surface area (TPSA) is 68.6 Å². The summed E-state index contributed by atoms with van der Waals surface area (Å²) in [6.45, 7) is 2.30. The third kappa shape index (κ3) is 4.51. The highest BCUT2D eigenvalue weighted by Crippen LogP contribution is 2.31. The molecule has 6 heteroatoms. The summed E-state index contributed by atoms with van der Waals surface area (Å²) >= 11 is 1.60. The Morgan fingerprint density at radius 3 is 2.71 bits per heavy atom. The Kier molecular flexibility index (Phi) is 6.30. The van der Waals surface area contributed by atoms with Crippen LogP contribution in [0.4, 0.5) is 0 Å². The Morgan fingerprint density at radius 1 is 1.21 bits per heavy atom. The molecule has 28 heavy (non-hydrogen) atoms. The van der Waals surface area contributed by atoms with E-state index < -0.39 is 12.1 Å². The quantitative estimate of drug-likeness (QED) is 0.539. The number of rotatable bonds is 7. The lowest BCUT2D eigenvalue weighted by Gasteiger charge is -2.20. The smallest absolute Gasteiger partial charge is 0.351 e. The van der Waals surface area contributed by atoms with Gasteiger partial charge in [-0.15, -0.1) is 0 Å². The van der Waals surface area contributed by atoms with Crippen molar-refractivity contribution in [3.05, 3.63) is 81.5 Å². The number of hydrogen-bond acceptors (Lipinski definition) is 6. The van der Waals surface area contributed by atoms with Crippen molar-refractivity contribution in [2.24, 2.45) is 0 Å². The van der Waals surface area contributed by atoms with E-state index in [0.29, 0.717) is 23.5 Å². The van der Waals surface area contributed by atoms with Gasteiger partial charge in [0.2, 0.25) is 6.10 Å². The van der Waals surface area contributed by atoms with Gasteiger partial charge in [0.15, 0.2) is 0 Å². The zero-order valence-electron chi connectivity index (χ0n) is 15.5. The second-order valence-corrected chi connectivity index (χ2v) is 6.85. The lowest BCUT2D eigenvalue weighted by molar-refractivity contribution is -0.149. The molecule has 2 aromatic carbocycles. The molecule has 0 aliphatic carbocycles. The SMILES string of the molecule is COC(=O)C(Oc1cc(OCc2ccsc2)ccc1C#N)c1ccccc1C. The molecule has 1 aromatic heterocycles. The molecule has 0 fully saturated rings. The summed E-state index contributed by atoms with van der Waals surface area (Å²) in [7, 11) is 1.31. The molecule has 1 heterocycles. The predicted molar refractivity (Wildman–Crippen MR) is 106 cm³/mol. The summed E-state index contributed by atoms with van der Waals surface area (Å²) in [5, 5.41) is 13.4. The van der Waals surface area contributed by atoms with Gasteiger partial charge < -0.3 is 14.2 Å². The van der Waals surface area contributed by atoms with Crippen molar-refractivity contribution in [3.8, 4) is 17.6 Å². The molecule has 1 atom stereocenters. The maximum absolute atomic E-state index is 12.4. The van der Waals surface area contributed by atoms with Gasteiger partial charge in [-0.1, -0.05) is 24.3 Å². The summed E-state index contributed by atoms with van der Waals surface area (Å²) < 4.78 is 16.7. The van der Waals surface area contributed by atoms with Crippen molar-refractivity contribution in [3.63, 3.8) is 0 Å². The first kappa shape index (κ1) is 19.5. The molecule has 0 radical (unpaired) electrons. The summed E-state index contributed by atoms with van der Waals surface area (Å²) in [5.41, 5.74) is 2.94. The Balaban J connectivity index is 1.89. The van der Waals surface area contributed by atoms with Crippen molar-refractivity contribution >= 4 is 17.3 Å². The number of nitrogens with zero attached hydrogens (tertiary/aromatic N) is 1. The number of ether oxygens (including phenoxy) is 3. The van der Waals surface area contributed by atoms with E-state index in [0.717, 1.165) is 11.1 Å². The lowest BCUT2D eigenvalue weighted by Crippen LogP contribution is -2.21. The van der Waals surface area contributed by atoms with Crippen molar-refractivity contribution < 1.29 is 19.0 Å². The molecular formula is C22H19NO4S. The van der Waals surface area contributed by atoms with Gasteiger partial charge in [0, 0.05) is 11.6 Å².